The fraction of sp³-hybridized carbons (Fsp3) is 0.500. The fourth-order valence-corrected chi connectivity index (χ4v) is 1.52. The molecular formula is C14H22N2O3. The van der Waals surface area contributed by atoms with Gasteiger partial charge >= 0.3 is 0 Å². The third-order valence-corrected chi connectivity index (χ3v) is 2.39. The minimum atomic E-state index is -0.506. The van der Waals surface area contributed by atoms with Gasteiger partial charge in [-0.25, -0.2) is 0 Å². The molecule has 1 amide bonds. The Kier molecular flexibility index (Phi) is 6.15. The number of amides is 1. The van der Waals surface area contributed by atoms with Gasteiger partial charge in [0, 0.05) is 12.6 Å². The van der Waals surface area contributed by atoms with E-state index in [1.165, 1.54) is 0 Å². The predicted octanol–water partition coefficient (Wildman–Crippen LogP) is 1.45. The van der Waals surface area contributed by atoms with Crippen LogP contribution >= 0.6 is 0 Å². The standard InChI is InChI=1S/C14H22N2O3/c1-4-18-13-7-11(8-16-10(2)3)5-6-12(13)19-9-14(15)17/h5-7,10,16H,4,8-9H2,1-3H3,(H2,15,17). The second-order valence-corrected chi connectivity index (χ2v) is 4.50. The number of primary amides is 1. The Labute approximate surface area is 114 Å². The monoisotopic (exact) mass is 266 g/mol. The average molecular weight is 266 g/mol. The Balaban J connectivity index is 2.78. The lowest BCUT2D eigenvalue weighted by molar-refractivity contribution is -0.119. The van der Waals surface area contributed by atoms with Crippen molar-refractivity contribution in [3.8, 4) is 11.5 Å². The maximum atomic E-state index is 10.7. The molecule has 0 aliphatic carbocycles. The van der Waals surface area contributed by atoms with E-state index in [1.54, 1.807) is 6.07 Å². The van der Waals surface area contributed by atoms with Crippen molar-refractivity contribution < 1.29 is 14.3 Å². The van der Waals surface area contributed by atoms with Crippen molar-refractivity contribution in [2.75, 3.05) is 13.2 Å². The van der Waals surface area contributed by atoms with E-state index >= 15 is 0 Å². The van der Waals surface area contributed by atoms with Crippen LogP contribution in [0.5, 0.6) is 11.5 Å². The van der Waals surface area contributed by atoms with Crippen LogP contribution in [0.2, 0.25) is 0 Å². The van der Waals surface area contributed by atoms with Crippen LogP contribution in [-0.2, 0) is 11.3 Å². The van der Waals surface area contributed by atoms with Crippen LogP contribution in [0.1, 0.15) is 26.3 Å². The number of ether oxygens (including phenoxy) is 2. The van der Waals surface area contributed by atoms with Gasteiger partial charge in [0.1, 0.15) is 0 Å². The normalized spacial score (nSPS) is 10.5. The molecule has 0 saturated carbocycles. The van der Waals surface area contributed by atoms with Crippen LogP contribution in [-0.4, -0.2) is 25.2 Å². The summed E-state index contributed by atoms with van der Waals surface area (Å²) >= 11 is 0. The first kappa shape index (κ1) is 15.3. The fourth-order valence-electron chi connectivity index (χ4n) is 1.52. The molecule has 1 rings (SSSR count). The van der Waals surface area contributed by atoms with Gasteiger partial charge in [0.25, 0.3) is 5.91 Å². The number of nitrogens with one attached hydrogen (secondary N) is 1. The maximum Gasteiger partial charge on any atom is 0.255 e. The number of carbonyl (C=O) groups is 1. The number of carbonyl (C=O) groups excluding carboxylic acids is 1. The molecule has 106 valence electrons. The molecule has 3 N–H and O–H groups in total. The Morgan fingerprint density at radius 3 is 2.63 bits per heavy atom. The molecule has 0 aromatic heterocycles. The zero-order valence-corrected chi connectivity index (χ0v) is 11.7. The van der Waals surface area contributed by atoms with Gasteiger partial charge in [-0.15, -0.1) is 0 Å². The van der Waals surface area contributed by atoms with Crippen molar-refractivity contribution in [1.82, 2.24) is 5.32 Å². The molecule has 1 aromatic carbocycles. The Bertz CT molecular complexity index is 419. The molecule has 0 saturated heterocycles. The summed E-state index contributed by atoms with van der Waals surface area (Å²) in [4.78, 5) is 10.7. The van der Waals surface area contributed by atoms with Crippen LogP contribution in [0.15, 0.2) is 18.2 Å². The van der Waals surface area contributed by atoms with E-state index in [4.69, 9.17) is 15.2 Å². The second kappa shape index (κ2) is 7.63. The third kappa shape index (κ3) is 5.61. The average Bonchev–Trinajstić information content (AvgIpc) is 2.35. The van der Waals surface area contributed by atoms with Gasteiger partial charge in [-0.3, -0.25) is 4.79 Å². The molecule has 0 aliphatic heterocycles. The summed E-state index contributed by atoms with van der Waals surface area (Å²) in [5, 5.41) is 3.33. The first-order chi connectivity index (χ1) is 9.02. The van der Waals surface area contributed by atoms with Crippen molar-refractivity contribution >= 4 is 5.91 Å². The Morgan fingerprint density at radius 2 is 2.05 bits per heavy atom. The number of benzene rings is 1. The topological polar surface area (TPSA) is 73.6 Å². The van der Waals surface area contributed by atoms with E-state index in [0.717, 1.165) is 12.1 Å². The van der Waals surface area contributed by atoms with Crippen LogP contribution in [0.3, 0.4) is 0 Å². The van der Waals surface area contributed by atoms with Crippen molar-refractivity contribution in [2.45, 2.75) is 33.4 Å². The molecule has 5 heteroatoms. The van der Waals surface area contributed by atoms with Gasteiger partial charge in [0.15, 0.2) is 18.1 Å². The van der Waals surface area contributed by atoms with Crippen molar-refractivity contribution in [1.29, 1.82) is 0 Å². The smallest absolute Gasteiger partial charge is 0.255 e. The van der Waals surface area contributed by atoms with Gasteiger partial charge in [0.05, 0.1) is 6.61 Å². The van der Waals surface area contributed by atoms with Gasteiger partial charge < -0.3 is 20.5 Å². The van der Waals surface area contributed by atoms with E-state index in [-0.39, 0.29) is 6.61 Å². The SMILES string of the molecule is CCOc1cc(CNC(C)C)ccc1OCC(N)=O. The largest absolute Gasteiger partial charge is 0.490 e. The highest BCUT2D eigenvalue weighted by molar-refractivity contribution is 5.75. The summed E-state index contributed by atoms with van der Waals surface area (Å²) in [6.07, 6.45) is 0. The van der Waals surface area contributed by atoms with Crippen molar-refractivity contribution in [3.05, 3.63) is 23.8 Å². The molecule has 0 heterocycles. The predicted molar refractivity (Wildman–Crippen MR) is 74.3 cm³/mol. The quantitative estimate of drug-likeness (QED) is 0.747. The molecule has 0 bridgehead atoms. The molecular weight excluding hydrogens is 244 g/mol. The molecule has 0 fully saturated rings. The van der Waals surface area contributed by atoms with E-state index < -0.39 is 5.91 Å². The van der Waals surface area contributed by atoms with E-state index in [9.17, 15) is 4.79 Å². The minimum absolute atomic E-state index is 0.149. The molecule has 5 nitrogen and oxygen atoms in total. The molecule has 0 radical (unpaired) electrons. The number of hydrogen-bond acceptors (Lipinski definition) is 4. The third-order valence-electron chi connectivity index (χ3n) is 2.39. The molecule has 0 aliphatic rings. The molecule has 19 heavy (non-hydrogen) atoms. The van der Waals surface area contributed by atoms with Crippen LogP contribution in [0.25, 0.3) is 0 Å². The Morgan fingerprint density at radius 1 is 1.32 bits per heavy atom. The van der Waals surface area contributed by atoms with Crippen LogP contribution < -0.4 is 20.5 Å². The number of nitrogens with two attached hydrogens (primary N) is 1. The zero-order chi connectivity index (χ0) is 14.3. The molecule has 1 aromatic rings. The summed E-state index contributed by atoms with van der Waals surface area (Å²) in [5.74, 6) is 0.661. The van der Waals surface area contributed by atoms with Crippen molar-refractivity contribution in [2.24, 2.45) is 5.73 Å². The molecule has 0 atom stereocenters. The lowest BCUT2D eigenvalue weighted by Gasteiger charge is -2.13. The van der Waals surface area contributed by atoms with Gasteiger partial charge in [-0.05, 0) is 24.6 Å². The first-order valence-corrected chi connectivity index (χ1v) is 6.43. The highest BCUT2D eigenvalue weighted by atomic mass is 16.5. The van der Waals surface area contributed by atoms with Crippen molar-refractivity contribution in [3.63, 3.8) is 0 Å². The van der Waals surface area contributed by atoms with E-state index in [2.05, 4.69) is 19.2 Å². The highest BCUT2D eigenvalue weighted by Gasteiger charge is 2.08. The molecule has 0 spiro atoms. The lowest BCUT2D eigenvalue weighted by atomic mass is 10.2. The second-order valence-electron chi connectivity index (χ2n) is 4.50. The maximum absolute atomic E-state index is 10.7. The van der Waals surface area contributed by atoms with Crippen LogP contribution in [0.4, 0.5) is 0 Å². The van der Waals surface area contributed by atoms with Gasteiger partial charge in [-0.1, -0.05) is 19.9 Å². The number of rotatable bonds is 8. The van der Waals surface area contributed by atoms with Crippen LogP contribution in [0, 0.1) is 0 Å². The molecule has 0 unspecified atom stereocenters. The summed E-state index contributed by atoms with van der Waals surface area (Å²) in [7, 11) is 0. The Hall–Kier alpha value is -1.75. The summed E-state index contributed by atoms with van der Waals surface area (Å²) in [5.41, 5.74) is 6.16. The summed E-state index contributed by atoms with van der Waals surface area (Å²) in [6, 6.07) is 6.07. The number of hydrogen-bond donors (Lipinski definition) is 2. The summed E-state index contributed by atoms with van der Waals surface area (Å²) in [6.45, 7) is 7.23. The highest BCUT2D eigenvalue weighted by Crippen LogP contribution is 2.28. The first-order valence-electron chi connectivity index (χ1n) is 6.43. The van der Waals surface area contributed by atoms with E-state index in [0.29, 0.717) is 24.1 Å². The lowest BCUT2D eigenvalue weighted by Crippen LogP contribution is -2.22. The van der Waals surface area contributed by atoms with E-state index in [1.807, 2.05) is 19.1 Å². The minimum Gasteiger partial charge on any atom is -0.490 e. The van der Waals surface area contributed by atoms with Gasteiger partial charge in [-0.2, -0.15) is 0 Å². The zero-order valence-electron chi connectivity index (χ0n) is 11.7. The summed E-state index contributed by atoms with van der Waals surface area (Å²) < 4.78 is 10.8. The van der Waals surface area contributed by atoms with Gasteiger partial charge in [0.2, 0.25) is 0 Å².